The summed E-state index contributed by atoms with van der Waals surface area (Å²) in [4.78, 5) is 14.2. The van der Waals surface area contributed by atoms with Gasteiger partial charge in [-0.05, 0) is 83.4 Å². The van der Waals surface area contributed by atoms with Crippen LogP contribution in [0.4, 0.5) is 0 Å². The van der Waals surface area contributed by atoms with Crippen LogP contribution < -0.4 is 0 Å². The third-order valence-corrected chi connectivity index (χ3v) is 8.61. The molecule has 9 aromatic rings. The Morgan fingerprint density at radius 3 is 1.72 bits per heavy atom. The third-order valence-electron chi connectivity index (χ3n) is 8.61. The molecule has 0 radical (unpaired) electrons. The summed E-state index contributed by atoms with van der Waals surface area (Å²) < 4.78 is 4.81. The molecule has 5 aromatic heterocycles. The van der Waals surface area contributed by atoms with Gasteiger partial charge in [-0.15, -0.1) is 0 Å². The topological polar surface area (TPSA) is 48.0 Å². The molecule has 0 spiro atoms. The number of hydrogen-bond donors (Lipinski definition) is 0. The van der Waals surface area contributed by atoms with Crippen molar-refractivity contribution in [3.8, 4) is 50.7 Å². The van der Waals surface area contributed by atoms with Gasteiger partial charge in [0.25, 0.3) is 0 Å². The quantitative estimate of drug-likeness (QED) is 0.201. The molecule has 46 heavy (non-hydrogen) atoms. The molecule has 0 bridgehead atoms. The smallest absolute Gasteiger partial charge is 0.131 e. The summed E-state index contributed by atoms with van der Waals surface area (Å²) in [5.74, 6) is 0. The van der Waals surface area contributed by atoms with Crippen molar-refractivity contribution in [3.63, 3.8) is 0 Å². The van der Waals surface area contributed by atoms with E-state index in [0.717, 1.165) is 50.8 Å². The minimum absolute atomic E-state index is 0.808. The normalized spacial score (nSPS) is 11.5. The highest BCUT2D eigenvalue weighted by molar-refractivity contribution is 6.09. The SMILES string of the molecule is c1ccc(-c2c3ccccc3n3c4ccccc4n(-c4cccc(-c5cc(-c6ccccn6)nc(-c6ccccn6)c5)c4)c23)cc1. The van der Waals surface area contributed by atoms with Crippen molar-refractivity contribution in [1.82, 2.24) is 23.9 Å². The monoisotopic (exact) mass is 589 g/mol. The predicted octanol–water partition coefficient (Wildman–Crippen LogP) is 9.89. The maximum Gasteiger partial charge on any atom is 0.131 e. The zero-order chi connectivity index (χ0) is 30.5. The summed E-state index contributed by atoms with van der Waals surface area (Å²) in [7, 11) is 0. The molecule has 4 aromatic carbocycles. The molecule has 0 amide bonds. The van der Waals surface area contributed by atoms with Crippen LogP contribution >= 0.6 is 0 Å². The molecule has 216 valence electrons. The fraction of sp³-hybridized carbons (Fsp3) is 0. The zero-order valence-electron chi connectivity index (χ0n) is 24.8. The molecular formula is C41H27N5. The van der Waals surface area contributed by atoms with Crippen LogP contribution in [0.2, 0.25) is 0 Å². The second-order valence-electron chi connectivity index (χ2n) is 11.3. The van der Waals surface area contributed by atoms with Crippen LogP contribution in [0, 0.1) is 0 Å². The first-order valence-corrected chi connectivity index (χ1v) is 15.4. The van der Waals surface area contributed by atoms with E-state index in [-0.39, 0.29) is 0 Å². The Morgan fingerprint density at radius 1 is 0.413 bits per heavy atom. The van der Waals surface area contributed by atoms with E-state index in [1.165, 1.54) is 27.5 Å². The highest BCUT2D eigenvalue weighted by Gasteiger charge is 2.22. The maximum absolute atomic E-state index is 4.99. The minimum atomic E-state index is 0.808. The van der Waals surface area contributed by atoms with E-state index in [1.807, 2.05) is 36.4 Å². The van der Waals surface area contributed by atoms with E-state index in [4.69, 9.17) is 4.98 Å². The van der Waals surface area contributed by atoms with Crippen molar-refractivity contribution in [2.24, 2.45) is 0 Å². The second-order valence-corrected chi connectivity index (χ2v) is 11.3. The highest BCUT2D eigenvalue weighted by Crippen LogP contribution is 2.41. The first-order valence-electron chi connectivity index (χ1n) is 15.4. The van der Waals surface area contributed by atoms with Crippen LogP contribution in [0.3, 0.4) is 0 Å². The number of fused-ring (bicyclic) bond motifs is 5. The standard InChI is InChI=1S/C41H27N5/c1-2-13-28(14-3-1)40-32-17-4-5-20-37(32)46-39-22-7-6-21-38(39)45(41(40)46)31-16-12-15-29(25-31)30-26-35(33-18-8-10-23-42-33)44-36(27-30)34-19-9-11-24-43-34/h1-27H. The fourth-order valence-corrected chi connectivity index (χ4v) is 6.60. The molecule has 5 heterocycles. The van der Waals surface area contributed by atoms with Crippen molar-refractivity contribution in [1.29, 1.82) is 0 Å². The number of nitrogens with zero attached hydrogens (tertiary/aromatic N) is 5. The Hall–Kier alpha value is -6.33. The van der Waals surface area contributed by atoms with Crippen LogP contribution in [0.25, 0.3) is 78.3 Å². The molecule has 0 aliphatic heterocycles. The Kier molecular flexibility index (Phi) is 6.06. The number of imidazole rings is 1. The van der Waals surface area contributed by atoms with Gasteiger partial charge in [-0.3, -0.25) is 18.9 Å². The van der Waals surface area contributed by atoms with Crippen molar-refractivity contribution >= 4 is 27.6 Å². The summed E-state index contributed by atoms with van der Waals surface area (Å²) in [5.41, 5.74) is 13.5. The molecule has 9 rings (SSSR count). The van der Waals surface area contributed by atoms with Crippen LogP contribution in [-0.2, 0) is 0 Å². The molecule has 5 heteroatoms. The molecule has 0 saturated heterocycles. The molecule has 0 aliphatic carbocycles. The number of benzene rings is 4. The second kappa shape index (κ2) is 10.7. The summed E-state index contributed by atoms with van der Waals surface area (Å²) in [5, 5.41) is 1.23. The lowest BCUT2D eigenvalue weighted by Gasteiger charge is -2.13. The Bertz CT molecular complexity index is 2460. The molecular weight excluding hydrogens is 562 g/mol. The van der Waals surface area contributed by atoms with Gasteiger partial charge in [0.1, 0.15) is 5.65 Å². The van der Waals surface area contributed by atoms with Gasteiger partial charge in [-0.2, -0.15) is 0 Å². The summed E-state index contributed by atoms with van der Waals surface area (Å²) in [6.07, 6.45) is 3.61. The third kappa shape index (κ3) is 4.21. The first-order chi connectivity index (χ1) is 22.8. The van der Waals surface area contributed by atoms with Gasteiger partial charge in [-0.1, -0.05) is 84.9 Å². The molecule has 0 saturated carbocycles. The van der Waals surface area contributed by atoms with Gasteiger partial charge in [0.05, 0.1) is 39.3 Å². The van der Waals surface area contributed by atoms with Gasteiger partial charge >= 0.3 is 0 Å². The Balaban J connectivity index is 1.32. The number of pyridine rings is 3. The van der Waals surface area contributed by atoms with Gasteiger partial charge in [0.15, 0.2) is 0 Å². The lowest BCUT2D eigenvalue weighted by Crippen LogP contribution is -1.97. The Labute approximate surface area is 265 Å². The summed E-state index contributed by atoms with van der Waals surface area (Å²) in [6, 6.07) is 52.9. The molecule has 0 unspecified atom stereocenters. The predicted molar refractivity (Wildman–Crippen MR) is 187 cm³/mol. The summed E-state index contributed by atoms with van der Waals surface area (Å²) >= 11 is 0. The van der Waals surface area contributed by atoms with E-state index >= 15 is 0 Å². The molecule has 5 nitrogen and oxygen atoms in total. The summed E-state index contributed by atoms with van der Waals surface area (Å²) in [6.45, 7) is 0. The van der Waals surface area contributed by atoms with E-state index in [0.29, 0.717) is 0 Å². The number of hydrogen-bond acceptors (Lipinski definition) is 3. The van der Waals surface area contributed by atoms with Gasteiger partial charge < -0.3 is 0 Å². The highest BCUT2D eigenvalue weighted by atomic mass is 15.1. The lowest BCUT2D eigenvalue weighted by atomic mass is 10.0. The van der Waals surface area contributed by atoms with E-state index in [2.05, 4.69) is 134 Å². The first kappa shape index (κ1) is 26.1. The average Bonchev–Trinajstić information content (AvgIpc) is 3.65. The van der Waals surface area contributed by atoms with Crippen molar-refractivity contribution in [2.45, 2.75) is 0 Å². The number of para-hydroxylation sites is 3. The zero-order valence-corrected chi connectivity index (χ0v) is 24.8. The van der Waals surface area contributed by atoms with Gasteiger partial charge in [-0.25, -0.2) is 4.98 Å². The van der Waals surface area contributed by atoms with Gasteiger partial charge in [0.2, 0.25) is 0 Å². The lowest BCUT2D eigenvalue weighted by molar-refractivity contribution is 1.15. The molecule has 0 N–H and O–H groups in total. The Morgan fingerprint density at radius 2 is 1.02 bits per heavy atom. The van der Waals surface area contributed by atoms with Crippen LogP contribution in [0.1, 0.15) is 0 Å². The number of rotatable bonds is 5. The molecule has 0 aliphatic rings. The minimum Gasteiger partial charge on any atom is -0.293 e. The fourth-order valence-electron chi connectivity index (χ4n) is 6.60. The van der Waals surface area contributed by atoms with Crippen LogP contribution in [0.15, 0.2) is 164 Å². The van der Waals surface area contributed by atoms with Gasteiger partial charge in [0, 0.05) is 29.0 Å². The average molecular weight is 590 g/mol. The van der Waals surface area contributed by atoms with Crippen molar-refractivity contribution in [3.05, 3.63) is 164 Å². The van der Waals surface area contributed by atoms with E-state index in [9.17, 15) is 0 Å². The van der Waals surface area contributed by atoms with Crippen molar-refractivity contribution < 1.29 is 0 Å². The van der Waals surface area contributed by atoms with E-state index < -0.39 is 0 Å². The number of aromatic nitrogens is 5. The van der Waals surface area contributed by atoms with Crippen LogP contribution in [0.5, 0.6) is 0 Å². The van der Waals surface area contributed by atoms with E-state index in [1.54, 1.807) is 12.4 Å². The largest absolute Gasteiger partial charge is 0.293 e. The maximum atomic E-state index is 4.99. The molecule has 0 fully saturated rings. The molecule has 0 atom stereocenters. The van der Waals surface area contributed by atoms with Crippen LogP contribution in [-0.4, -0.2) is 23.9 Å². The van der Waals surface area contributed by atoms with Crippen molar-refractivity contribution in [2.75, 3.05) is 0 Å².